The van der Waals surface area contributed by atoms with E-state index in [0.717, 1.165) is 36.3 Å². The van der Waals surface area contributed by atoms with Crippen LogP contribution in [0.2, 0.25) is 0 Å². The Bertz CT molecular complexity index is 746. The highest BCUT2D eigenvalue weighted by Crippen LogP contribution is 2.16. The zero-order valence-electron chi connectivity index (χ0n) is 12.8. The minimum Gasteiger partial charge on any atom is -0.370 e. The van der Waals surface area contributed by atoms with Crippen LogP contribution >= 0.6 is 0 Å². The van der Waals surface area contributed by atoms with E-state index in [4.69, 9.17) is 0 Å². The van der Waals surface area contributed by atoms with Gasteiger partial charge < -0.3 is 4.90 Å². The first-order valence-corrected chi connectivity index (χ1v) is 7.55. The fraction of sp³-hybridized carbons (Fsp3) is 0.538. The Morgan fingerprint density at radius 2 is 2.13 bits per heavy atom. The lowest BCUT2D eigenvalue weighted by Crippen LogP contribution is -2.31. The highest BCUT2D eigenvalue weighted by atomic mass is 16.2. The Morgan fingerprint density at radius 1 is 1.35 bits per heavy atom. The molecule has 2 aromatic heterocycles. The van der Waals surface area contributed by atoms with Gasteiger partial charge in [-0.05, 0) is 25.0 Å². The highest BCUT2D eigenvalue weighted by Gasteiger charge is 2.15. The minimum absolute atomic E-state index is 0.110. The Hall–Kier alpha value is -2.78. The summed E-state index contributed by atoms with van der Waals surface area (Å²) in [7, 11) is 0. The molecule has 10 nitrogen and oxygen atoms in total. The van der Waals surface area contributed by atoms with Crippen LogP contribution in [0, 0.1) is 0 Å². The van der Waals surface area contributed by atoms with E-state index in [-0.39, 0.29) is 18.1 Å². The smallest absolute Gasteiger partial charge is 0.270 e. The van der Waals surface area contributed by atoms with Gasteiger partial charge in [0.05, 0.1) is 18.4 Å². The third-order valence-electron chi connectivity index (χ3n) is 3.61. The summed E-state index contributed by atoms with van der Waals surface area (Å²) in [5.74, 6) is -0.317. The number of aromatic nitrogens is 6. The molecule has 0 aromatic carbocycles. The van der Waals surface area contributed by atoms with Crippen molar-refractivity contribution in [3.8, 4) is 0 Å². The number of amides is 1. The Balaban J connectivity index is 1.65. The molecule has 23 heavy (non-hydrogen) atoms. The molecule has 0 bridgehead atoms. The van der Waals surface area contributed by atoms with E-state index in [0.29, 0.717) is 6.54 Å². The van der Waals surface area contributed by atoms with Crippen LogP contribution in [-0.2, 0) is 17.9 Å². The molecular formula is C13H18N8O2. The van der Waals surface area contributed by atoms with E-state index >= 15 is 0 Å². The molecule has 1 aliphatic heterocycles. The van der Waals surface area contributed by atoms with Gasteiger partial charge in [0, 0.05) is 19.2 Å². The van der Waals surface area contributed by atoms with Crippen LogP contribution in [0.5, 0.6) is 0 Å². The summed E-state index contributed by atoms with van der Waals surface area (Å²) in [5.41, 5.74) is 0.492. The van der Waals surface area contributed by atoms with Crippen LogP contribution < -0.4 is 15.8 Å². The fourth-order valence-corrected chi connectivity index (χ4v) is 2.42. The van der Waals surface area contributed by atoms with Crippen LogP contribution in [-0.4, -0.2) is 49.0 Å². The maximum Gasteiger partial charge on any atom is 0.270 e. The molecule has 0 unspecified atom stereocenters. The second-order valence-electron chi connectivity index (χ2n) is 5.25. The molecule has 3 rings (SSSR count). The van der Waals surface area contributed by atoms with Gasteiger partial charge in [-0.3, -0.25) is 14.9 Å². The fourth-order valence-electron chi connectivity index (χ4n) is 2.42. The zero-order chi connectivity index (χ0) is 16.2. The predicted molar refractivity (Wildman–Crippen MR) is 82.1 cm³/mol. The van der Waals surface area contributed by atoms with Gasteiger partial charge in [0.15, 0.2) is 0 Å². The van der Waals surface area contributed by atoms with Gasteiger partial charge in [-0.2, -0.15) is 9.90 Å². The predicted octanol–water partition coefficient (Wildman–Crippen LogP) is -0.511. The SMILES string of the molecule is CCn1nnc(NC(=O)Cn2ncc(N3CCCC3)cc2=O)n1. The molecule has 1 aliphatic rings. The molecule has 0 spiro atoms. The summed E-state index contributed by atoms with van der Waals surface area (Å²) >= 11 is 0. The van der Waals surface area contributed by atoms with Crippen molar-refractivity contribution in [2.45, 2.75) is 32.9 Å². The van der Waals surface area contributed by atoms with Crippen molar-refractivity contribution in [3.63, 3.8) is 0 Å². The van der Waals surface area contributed by atoms with Crippen LogP contribution in [0.25, 0.3) is 0 Å². The lowest BCUT2D eigenvalue weighted by molar-refractivity contribution is -0.117. The standard InChI is InChI=1S/C13H18N8O2/c1-2-21-17-13(16-18-21)15-11(22)9-20-12(23)7-10(8-14-20)19-5-3-4-6-19/h7-8H,2-6,9H2,1H3,(H,15,17,22). The number of anilines is 2. The number of nitrogens with one attached hydrogen (secondary N) is 1. The van der Waals surface area contributed by atoms with Crippen LogP contribution in [0.3, 0.4) is 0 Å². The summed E-state index contributed by atoms with van der Waals surface area (Å²) < 4.78 is 1.11. The van der Waals surface area contributed by atoms with Gasteiger partial charge in [0.2, 0.25) is 5.91 Å². The van der Waals surface area contributed by atoms with Crippen LogP contribution in [0.4, 0.5) is 11.6 Å². The molecule has 1 fully saturated rings. The number of nitrogens with zero attached hydrogens (tertiary/aromatic N) is 7. The summed E-state index contributed by atoms with van der Waals surface area (Å²) in [5, 5.41) is 17.9. The van der Waals surface area contributed by atoms with Gasteiger partial charge in [0.25, 0.3) is 11.5 Å². The zero-order valence-corrected chi connectivity index (χ0v) is 12.8. The third kappa shape index (κ3) is 3.52. The summed E-state index contributed by atoms with van der Waals surface area (Å²) in [6, 6.07) is 1.51. The molecule has 0 atom stereocenters. The average molecular weight is 318 g/mol. The van der Waals surface area contributed by atoms with Crippen molar-refractivity contribution in [2.24, 2.45) is 0 Å². The molecule has 1 saturated heterocycles. The van der Waals surface area contributed by atoms with Crippen molar-refractivity contribution in [3.05, 3.63) is 22.6 Å². The van der Waals surface area contributed by atoms with Crippen molar-refractivity contribution in [1.29, 1.82) is 0 Å². The molecule has 1 N–H and O–H groups in total. The van der Waals surface area contributed by atoms with Gasteiger partial charge in [0.1, 0.15) is 6.54 Å². The molecule has 3 heterocycles. The number of rotatable bonds is 5. The first-order valence-electron chi connectivity index (χ1n) is 7.55. The summed E-state index contributed by atoms with van der Waals surface area (Å²) in [4.78, 5) is 27.5. The maximum atomic E-state index is 12.1. The first-order chi connectivity index (χ1) is 11.2. The number of tetrazole rings is 1. The summed E-state index contributed by atoms with van der Waals surface area (Å²) in [6.45, 7) is 4.09. The van der Waals surface area contributed by atoms with Crippen molar-refractivity contribution in [2.75, 3.05) is 23.3 Å². The maximum absolute atomic E-state index is 12.1. The number of aryl methyl sites for hydroxylation is 1. The Labute approximate surface area is 132 Å². The van der Waals surface area contributed by atoms with Crippen molar-refractivity contribution >= 4 is 17.5 Å². The van der Waals surface area contributed by atoms with Gasteiger partial charge in [-0.1, -0.05) is 5.10 Å². The minimum atomic E-state index is -0.427. The number of carbonyl (C=O) groups excluding carboxylic acids is 1. The number of hydrogen-bond donors (Lipinski definition) is 1. The highest BCUT2D eigenvalue weighted by molar-refractivity contribution is 5.88. The molecule has 122 valence electrons. The van der Waals surface area contributed by atoms with Gasteiger partial charge in [-0.25, -0.2) is 4.68 Å². The molecular weight excluding hydrogens is 300 g/mol. The lowest BCUT2D eigenvalue weighted by atomic mass is 10.4. The third-order valence-corrected chi connectivity index (χ3v) is 3.61. The molecule has 0 aliphatic carbocycles. The van der Waals surface area contributed by atoms with E-state index in [1.165, 1.54) is 10.9 Å². The molecule has 10 heteroatoms. The van der Waals surface area contributed by atoms with E-state index in [1.807, 2.05) is 6.92 Å². The first kappa shape index (κ1) is 15.1. The van der Waals surface area contributed by atoms with Crippen LogP contribution in [0.15, 0.2) is 17.1 Å². The van der Waals surface area contributed by atoms with Gasteiger partial charge in [-0.15, -0.1) is 5.10 Å². The second-order valence-corrected chi connectivity index (χ2v) is 5.25. The number of carbonyl (C=O) groups is 1. The lowest BCUT2D eigenvalue weighted by Gasteiger charge is -2.16. The van der Waals surface area contributed by atoms with E-state index in [2.05, 4.69) is 30.7 Å². The quantitative estimate of drug-likeness (QED) is 0.790. The van der Waals surface area contributed by atoms with E-state index < -0.39 is 5.91 Å². The normalized spacial score (nSPS) is 14.2. The molecule has 2 aromatic rings. The largest absolute Gasteiger partial charge is 0.370 e. The summed E-state index contributed by atoms with van der Waals surface area (Å²) in [6.07, 6.45) is 3.86. The van der Waals surface area contributed by atoms with E-state index in [1.54, 1.807) is 6.20 Å². The monoisotopic (exact) mass is 318 g/mol. The van der Waals surface area contributed by atoms with Crippen LogP contribution in [0.1, 0.15) is 19.8 Å². The van der Waals surface area contributed by atoms with Crippen molar-refractivity contribution in [1.82, 2.24) is 30.0 Å². The molecule has 0 saturated carbocycles. The Morgan fingerprint density at radius 3 is 2.78 bits per heavy atom. The average Bonchev–Trinajstić information content (AvgIpc) is 3.20. The van der Waals surface area contributed by atoms with Crippen molar-refractivity contribution < 1.29 is 4.79 Å². The van der Waals surface area contributed by atoms with E-state index in [9.17, 15) is 9.59 Å². The number of hydrogen-bond acceptors (Lipinski definition) is 7. The Kier molecular flexibility index (Phi) is 4.31. The molecule has 0 radical (unpaired) electrons. The molecule has 1 amide bonds. The van der Waals surface area contributed by atoms with Gasteiger partial charge >= 0.3 is 0 Å². The second kappa shape index (κ2) is 6.55. The topological polar surface area (TPSA) is 111 Å².